The topological polar surface area (TPSA) is 52.0 Å². The summed E-state index contributed by atoms with van der Waals surface area (Å²) in [4.78, 5) is 4.47. The predicted molar refractivity (Wildman–Crippen MR) is 121 cm³/mol. The average molecular weight is 427 g/mol. The van der Waals surface area contributed by atoms with Crippen molar-refractivity contribution in [2.75, 3.05) is 5.32 Å². The maximum absolute atomic E-state index is 6.59. The van der Waals surface area contributed by atoms with Crippen molar-refractivity contribution in [1.29, 1.82) is 0 Å². The van der Waals surface area contributed by atoms with E-state index in [-0.39, 0.29) is 12.1 Å². The lowest BCUT2D eigenvalue weighted by atomic mass is 9.84. The van der Waals surface area contributed by atoms with Crippen molar-refractivity contribution in [2.24, 2.45) is 0 Å². The number of aromatic nitrogens is 3. The highest BCUT2D eigenvalue weighted by Crippen LogP contribution is 2.50. The van der Waals surface area contributed by atoms with Gasteiger partial charge in [-0.25, -0.2) is 4.68 Å². The van der Waals surface area contributed by atoms with Crippen LogP contribution in [-0.2, 0) is 0 Å². The van der Waals surface area contributed by atoms with E-state index >= 15 is 0 Å². The summed E-state index contributed by atoms with van der Waals surface area (Å²) in [6, 6.07) is 24.4. The Balaban J connectivity index is 1.64. The first-order valence-electron chi connectivity index (χ1n) is 10.2. The molecule has 31 heavy (non-hydrogen) atoms. The first-order chi connectivity index (χ1) is 15.2. The van der Waals surface area contributed by atoms with E-state index in [2.05, 4.69) is 58.7 Å². The zero-order valence-electron chi connectivity index (χ0n) is 16.8. The van der Waals surface area contributed by atoms with Crippen LogP contribution in [0.3, 0.4) is 0 Å². The van der Waals surface area contributed by atoms with E-state index in [1.54, 1.807) is 6.33 Å². The van der Waals surface area contributed by atoms with Gasteiger partial charge in [0.25, 0.3) is 0 Å². The molecule has 3 aromatic carbocycles. The van der Waals surface area contributed by atoms with Gasteiger partial charge in [0.1, 0.15) is 24.2 Å². The Hall–Kier alpha value is -3.57. The summed E-state index contributed by atoms with van der Waals surface area (Å²) in [6.07, 6.45) is 1.31. The molecule has 1 aromatic heterocycles. The molecule has 3 heterocycles. The minimum atomic E-state index is -0.277. The second-order valence-corrected chi connectivity index (χ2v) is 8.28. The molecule has 6 heteroatoms. The van der Waals surface area contributed by atoms with Crippen LogP contribution in [0.25, 0.3) is 5.70 Å². The van der Waals surface area contributed by atoms with Crippen LogP contribution < -0.4 is 10.1 Å². The third-order valence-corrected chi connectivity index (χ3v) is 6.11. The lowest BCUT2D eigenvalue weighted by Crippen LogP contribution is -2.32. The average Bonchev–Trinajstić information content (AvgIpc) is 3.27. The molecule has 2 atom stereocenters. The molecule has 0 bridgehead atoms. The molecule has 0 spiro atoms. The van der Waals surface area contributed by atoms with Gasteiger partial charge in [0.05, 0.1) is 5.70 Å². The largest absolute Gasteiger partial charge is 0.480 e. The molecule has 2 aliphatic rings. The molecule has 4 aromatic rings. The summed E-state index contributed by atoms with van der Waals surface area (Å²) in [5.41, 5.74) is 6.41. The van der Waals surface area contributed by atoms with Gasteiger partial charge in [-0.2, -0.15) is 10.1 Å². The van der Waals surface area contributed by atoms with Crippen LogP contribution in [0.2, 0.25) is 5.02 Å². The molecule has 0 unspecified atom stereocenters. The Morgan fingerprint density at radius 2 is 1.77 bits per heavy atom. The molecule has 5 nitrogen and oxygen atoms in total. The lowest BCUT2D eigenvalue weighted by Gasteiger charge is -2.39. The molecular formula is C25H19ClN4O. The van der Waals surface area contributed by atoms with Crippen LogP contribution in [0.5, 0.6) is 5.75 Å². The van der Waals surface area contributed by atoms with Gasteiger partial charge in [-0.05, 0) is 36.2 Å². The van der Waals surface area contributed by atoms with Crippen LogP contribution in [0.4, 0.5) is 5.95 Å². The fourth-order valence-corrected chi connectivity index (χ4v) is 4.59. The minimum absolute atomic E-state index is 0.160. The van der Waals surface area contributed by atoms with Crippen molar-refractivity contribution in [3.05, 3.63) is 112 Å². The number of hydrogen-bond donors (Lipinski definition) is 1. The highest BCUT2D eigenvalue weighted by Gasteiger charge is 2.40. The van der Waals surface area contributed by atoms with Crippen LogP contribution >= 0.6 is 11.6 Å². The van der Waals surface area contributed by atoms with Gasteiger partial charge in [-0.15, -0.1) is 0 Å². The van der Waals surface area contributed by atoms with E-state index in [1.165, 1.54) is 5.56 Å². The van der Waals surface area contributed by atoms with Gasteiger partial charge in [-0.3, -0.25) is 0 Å². The number of hydrogen-bond acceptors (Lipinski definition) is 4. The number of ether oxygens (including phenoxy) is 1. The first-order valence-corrected chi connectivity index (χ1v) is 10.6. The van der Waals surface area contributed by atoms with Crippen molar-refractivity contribution < 1.29 is 4.74 Å². The normalized spacial score (nSPS) is 19.0. The molecular weight excluding hydrogens is 408 g/mol. The summed E-state index contributed by atoms with van der Waals surface area (Å²) in [7, 11) is 0. The van der Waals surface area contributed by atoms with Crippen molar-refractivity contribution in [1.82, 2.24) is 14.8 Å². The van der Waals surface area contributed by atoms with Crippen LogP contribution in [0.1, 0.15) is 34.4 Å². The highest BCUT2D eigenvalue weighted by atomic mass is 35.5. The molecule has 152 valence electrons. The van der Waals surface area contributed by atoms with Crippen molar-refractivity contribution >= 4 is 23.2 Å². The Kier molecular flexibility index (Phi) is 4.11. The van der Waals surface area contributed by atoms with Gasteiger partial charge < -0.3 is 10.1 Å². The third kappa shape index (κ3) is 2.93. The van der Waals surface area contributed by atoms with Crippen LogP contribution in [0.15, 0.2) is 84.7 Å². The number of anilines is 1. The molecule has 0 radical (unpaired) electrons. The molecule has 0 saturated heterocycles. The second kappa shape index (κ2) is 7.00. The second-order valence-electron chi connectivity index (χ2n) is 7.85. The molecule has 0 amide bonds. The first kappa shape index (κ1) is 18.2. The maximum atomic E-state index is 6.59. The Morgan fingerprint density at radius 3 is 2.58 bits per heavy atom. The van der Waals surface area contributed by atoms with Gasteiger partial charge >= 0.3 is 0 Å². The quantitative estimate of drug-likeness (QED) is 0.440. The zero-order chi connectivity index (χ0) is 20.9. The van der Waals surface area contributed by atoms with E-state index < -0.39 is 0 Å². The van der Waals surface area contributed by atoms with Gasteiger partial charge in [-0.1, -0.05) is 71.8 Å². The van der Waals surface area contributed by atoms with Crippen LogP contribution in [-0.4, -0.2) is 14.8 Å². The van der Waals surface area contributed by atoms with E-state index in [0.717, 1.165) is 33.7 Å². The van der Waals surface area contributed by atoms with E-state index in [1.807, 2.05) is 41.1 Å². The third-order valence-electron chi connectivity index (χ3n) is 5.87. The van der Waals surface area contributed by atoms with E-state index in [4.69, 9.17) is 16.3 Å². The monoisotopic (exact) mass is 426 g/mol. The maximum Gasteiger partial charge on any atom is 0.226 e. The van der Waals surface area contributed by atoms with Crippen LogP contribution in [0, 0.1) is 6.92 Å². The Bertz CT molecular complexity index is 1310. The lowest BCUT2D eigenvalue weighted by molar-refractivity contribution is 0.223. The highest BCUT2D eigenvalue weighted by molar-refractivity contribution is 6.30. The number of halogens is 1. The SMILES string of the molecule is Cc1ccc([C@@H]2C3=C(Nc4ncnn42)c2cc(Cl)ccc2O[C@@H]3c2ccccc2)cc1. The summed E-state index contributed by atoms with van der Waals surface area (Å²) in [6.45, 7) is 2.09. The number of aryl methyl sites for hydroxylation is 1. The number of rotatable bonds is 2. The van der Waals surface area contributed by atoms with Gasteiger partial charge in [0.2, 0.25) is 5.95 Å². The Morgan fingerprint density at radius 1 is 0.968 bits per heavy atom. The van der Waals surface area contributed by atoms with E-state index in [9.17, 15) is 0 Å². The predicted octanol–water partition coefficient (Wildman–Crippen LogP) is 5.80. The zero-order valence-corrected chi connectivity index (χ0v) is 17.5. The summed E-state index contributed by atoms with van der Waals surface area (Å²) < 4.78 is 8.52. The summed E-state index contributed by atoms with van der Waals surface area (Å²) in [5.74, 6) is 1.49. The van der Waals surface area contributed by atoms with Gasteiger partial charge in [0, 0.05) is 16.2 Å². The van der Waals surface area contributed by atoms with Crippen molar-refractivity contribution in [2.45, 2.75) is 19.1 Å². The van der Waals surface area contributed by atoms with Crippen molar-refractivity contribution in [3.8, 4) is 5.75 Å². The van der Waals surface area contributed by atoms with Crippen molar-refractivity contribution in [3.63, 3.8) is 0 Å². The molecule has 0 fully saturated rings. The Labute approximate surface area is 185 Å². The van der Waals surface area contributed by atoms with E-state index in [0.29, 0.717) is 11.0 Å². The number of fused-ring (bicyclic) bond motifs is 3. The number of nitrogens with one attached hydrogen (secondary N) is 1. The molecule has 2 aliphatic heterocycles. The fraction of sp³-hybridized carbons (Fsp3) is 0.120. The number of nitrogens with zero attached hydrogens (tertiary/aromatic N) is 3. The smallest absolute Gasteiger partial charge is 0.226 e. The molecule has 1 N–H and O–H groups in total. The van der Waals surface area contributed by atoms with Gasteiger partial charge in [0.15, 0.2) is 0 Å². The summed E-state index contributed by atoms with van der Waals surface area (Å²) in [5, 5.41) is 8.72. The fourth-order valence-electron chi connectivity index (χ4n) is 4.41. The molecule has 6 rings (SSSR count). The summed E-state index contributed by atoms with van der Waals surface area (Å²) >= 11 is 6.37. The molecule has 0 saturated carbocycles. The molecule has 0 aliphatic carbocycles. The standard InChI is InChI=1S/C25H19ClN4O/c1-15-7-9-16(10-8-15)23-21-22(29-25-27-14-28-30(23)25)19-13-18(26)11-12-20(19)31-24(21)17-5-3-2-4-6-17/h2-14,23-24H,1H3,(H,27,28,29)/t23-,24-/m1/s1. The number of benzene rings is 3. The minimum Gasteiger partial charge on any atom is -0.480 e.